The summed E-state index contributed by atoms with van der Waals surface area (Å²) >= 11 is 0. The Hall–Kier alpha value is -0.770. The summed E-state index contributed by atoms with van der Waals surface area (Å²) in [5.41, 5.74) is -0.644. The summed E-state index contributed by atoms with van der Waals surface area (Å²) in [5.74, 6) is 0.105. The van der Waals surface area contributed by atoms with Gasteiger partial charge in [-0.05, 0) is 44.5 Å². The number of methoxy groups -OCH3 is 1. The molecule has 0 amide bonds. The van der Waals surface area contributed by atoms with Gasteiger partial charge in [0.25, 0.3) is 0 Å². The average molecular weight is 306 g/mol. The highest BCUT2D eigenvalue weighted by atomic mass is 35.5. The third-order valence-electron chi connectivity index (χ3n) is 4.01. The quantitative estimate of drug-likeness (QED) is 0.928. The zero-order valence-corrected chi connectivity index (χ0v) is 12.4. The van der Waals surface area contributed by atoms with Crippen molar-refractivity contribution in [1.29, 1.82) is 0 Å². The molecule has 2 rings (SSSR count). The summed E-state index contributed by atoms with van der Waals surface area (Å²) in [6.45, 7) is -5.73. The van der Waals surface area contributed by atoms with Crippen molar-refractivity contribution in [2.24, 2.45) is 5.92 Å². The van der Waals surface area contributed by atoms with Gasteiger partial charge in [-0.15, -0.1) is 12.4 Å². The molecule has 2 unspecified atom stereocenters. The Balaban J connectivity index is 0.00000338. The van der Waals surface area contributed by atoms with Crippen LogP contribution in [0.2, 0.25) is 0 Å². The van der Waals surface area contributed by atoms with Gasteiger partial charge in [-0.3, -0.25) is 0 Å². The van der Waals surface area contributed by atoms with E-state index in [1.165, 1.54) is 7.11 Å². The number of rotatable bonds is 4. The van der Waals surface area contributed by atoms with E-state index < -0.39 is 25.5 Å². The summed E-state index contributed by atoms with van der Waals surface area (Å²) < 4.78 is 50.6. The molecule has 0 radical (unpaired) electrons. The molecule has 0 heterocycles. The molecule has 0 bridgehead atoms. The van der Waals surface area contributed by atoms with Crippen LogP contribution >= 0.6 is 12.4 Å². The van der Waals surface area contributed by atoms with E-state index in [0.29, 0.717) is 29.1 Å². The van der Waals surface area contributed by atoms with Crippen molar-refractivity contribution in [3.8, 4) is 5.75 Å². The van der Waals surface area contributed by atoms with Crippen LogP contribution in [0.1, 0.15) is 39.5 Å². The molecule has 0 spiro atoms. The van der Waals surface area contributed by atoms with Gasteiger partial charge in [-0.2, -0.15) is 0 Å². The van der Waals surface area contributed by atoms with E-state index in [1.54, 1.807) is 24.3 Å². The first-order valence-corrected chi connectivity index (χ1v) is 6.63. The fourth-order valence-corrected chi connectivity index (χ4v) is 2.96. The Bertz CT molecular complexity index is 581. The molecule has 114 valence electrons. The first-order valence-electron chi connectivity index (χ1n) is 9.63. The normalized spacial score (nSPS) is 31.9. The zero-order chi connectivity index (χ0) is 18.9. The zero-order valence-electron chi connectivity index (χ0n) is 17.6. The van der Waals surface area contributed by atoms with Crippen LogP contribution in [0.4, 0.5) is 0 Å². The van der Waals surface area contributed by atoms with Crippen molar-refractivity contribution < 1.29 is 18.1 Å². The molecule has 1 aliphatic rings. The van der Waals surface area contributed by atoms with Crippen LogP contribution in [0.15, 0.2) is 24.3 Å². The molecular formula is C16H26ClNO2. The van der Waals surface area contributed by atoms with Crippen LogP contribution in [0.25, 0.3) is 0 Å². The van der Waals surface area contributed by atoms with E-state index in [9.17, 15) is 5.11 Å². The van der Waals surface area contributed by atoms with Crippen molar-refractivity contribution in [3.05, 3.63) is 29.8 Å². The van der Waals surface area contributed by atoms with Gasteiger partial charge in [0.1, 0.15) is 5.75 Å². The largest absolute Gasteiger partial charge is 0.497 e. The summed E-state index contributed by atoms with van der Waals surface area (Å²) in [4.78, 5) is 0.543. The van der Waals surface area contributed by atoms with E-state index >= 15 is 0 Å². The standard InChI is InChI=1S/C16H25NO2.ClH/c1-17(2)12-14-7-4-5-10-16(14,18)13-8-6-9-15(11-13)19-3;/h6,8-9,11,14,18H,4-5,7,10,12H2,1-3H3;1H/i1D3,2D3;. The second-order valence-electron chi connectivity index (χ2n) is 5.21. The summed E-state index contributed by atoms with van der Waals surface area (Å²) in [6.07, 6.45) is 2.65. The van der Waals surface area contributed by atoms with E-state index in [1.807, 2.05) is 0 Å². The van der Waals surface area contributed by atoms with E-state index in [-0.39, 0.29) is 19.0 Å². The third kappa shape index (κ3) is 3.66. The number of benzene rings is 1. The number of halogens is 1. The topological polar surface area (TPSA) is 32.7 Å². The average Bonchev–Trinajstić information content (AvgIpc) is 2.51. The van der Waals surface area contributed by atoms with Gasteiger partial charge in [-0.25, -0.2) is 0 Å². The van der Waals surface area contributed by atoms with Gasteiger partial charge >= 0.3 is 0 Å². The van der Waals surface area contributed by atoms with Gasteiger partial charge in [0, 0.05) is 20.7 Å². The lowest BCUT2D eigenvalue weighted by Gasteiger charge is -2.41. The predicted octanol–water partition coefficient (Wildman–Crippen LogP) is 3.06. The molecule has 3 nitrogen and oxygen atoms in total. The molecule has 1 aromatic rings. The summed E-state index contributed by atoms with van der Waals surface area (Å²) in [7, 11) is 1.53. The maximum atomic E-state index is 11.4. The van der Waals surface area contributed by atoms with Crippen molar-refractivity contribution in [2.45, 2.75) is 31.3 Å². The van der Waals surface area contributed by atoms with Crippen LogP contribution in [0, 0.1) is 5.92 Å². The SMILES string of the molecule is Cl.[2H]C([2H])([2H])N(CC1CCCCC1(O)c1cccc(OC)c1)C([2H])([2H])[2H]. The molecule has 1 N–H and O–H groups in total. The molecule has 1 aliphatic carbocycles. The number of nitrogens with zero attached hydrogens (tertiary/aromatic N) is 1. The molecule has 4 heteroatoms. The first-order chi connectivity index (χ1) is 11.5. The fourth-order valence-electron chi connectivity index (χ4n) is 2.96. The second kappa shape index (κ2) is 7.30. The number of hydrogen-bond donors (Lipinski definition) is 1. The molecule has 2 atom stereocenters. The van der Waals surface area contributed by atoms with E-state index in [0.717, 1.165) is 12.8 Å². The summed E-state index contributed by atoms with van der Waals surface area (Å²) in [6, 6.07) is 7.04. The molecule has 1 fully saturated rings. The smallest absolute Gasteiger partial charge is 0.119 e. The van der Waals surface area contributed by atoms with Crippen LogP contribution in [0.3, 0.4) is 0 Å². The predicted molar refractivity (Wildman–Crippen MR) is 84.7 cm³/mol. The molecule has 1 saturated carbocycles. The van der Waals surface area contributed by atoms with Gasteiger partial charge < -0.3 is 14.7 Å². The monoisotopic (exact) mass is 305 g/mol. The summed E-state index contributed by atoms with van der Waals surface area (Å²) in [5, 5.41) is 11.4. The molecular weight excluding hydrogens is 274 g/mol. The van der Waals surface area contributed by atoms with Gasteiger partial charge in [0.05, 0.1) is 12.7 Å². The van der Waals surface area contributed by atoms with Crippen LogP contribution in [-0.2, 0) is 5.60 Å². The van der Waals surface area contributed by atoms with Crippen LogP contribution in [0.5, 0.6) is 5.75 Å². The minimum atomic E-state index is -2.75. The van der Waals surface area contributed by atoms with E-state index in [2.05, 4.69) is 0 Å². The van der Waals surface area contributed by atoms with Crippen LogP contribution in [-0.4, -0.2) is 37.6 Å². The number of hydrogen-bond acceptors (Lipinski definition) is 3. The third-order valence-corrected chi connectivity index (χ3v) is 4.01. The highest BCUT2D eigenvalue weighted by molar-refractivity contribution is 5.85. The lowest BCUT2D eigenvalue weighted by Crippen LogP contribution is -2.43. The van der Waals surface area contributed by atoms with Gasteiger partial charge in [-0.1, -0.05) is 25.0 Å². The number of aliphatic hydroxyl groups is 1. The first kappa shape index (κ1) is 10.0. The van der Waals surface area contributed by atoms with Crippen molar-refractivity contribution in [3.63, 3.8) is 0 Å². The minimum Gasteiger partial charge on any atom is -0.497 e. The van der Waals surface area contributed by atoms with E-state index in [4.69, 9.17) is 13.0 Å². The Morgan fingerprint density at radius 2 is 2.25 bits per heavy atom. The highest BCUT2D eigenvalue weighted by Crippen LogP contribution is 2.42. The van der Waals surface area contributed by atoms with Crippen LogP contribution < -0.4 is 4.74 Å². The van der Waals surface area contributed by atoms with Gasteiger partial charge in [0.15, 0.2) is 0 Å². The Labute approximate surface area is 136 Å². The molecule has 0 saturated heterocycles. The van der Waals surface area contributed by atoms with Crippen molar-refractivity contribution in [2.75, 3.05) is 27.6 Å². The van der Waals surface area contributed by atoms with Crippen molar-refractivity contribution in [1.82, 2.24) is 4.90 Å². The Morgan fingerprint density at radius 1 is 1.45 bits per heavy atom. The maximum Gasteiger partial charge on any atom is 0.119 e. The molecule has 20 heavy (non-hydrogen) atoms. The molecule has 0 aliphatic heterocycles. The number of ether oxygens (including phenoxy) is 1. The molecule has 1 aromatic carbocycles. The Morgan fingerprint density at radius 3 is 2.95 bits per heavy atom. The fraction of sp³-hybridized carbons (Fsp3) is 0.625. The maximum absolute atomic E-state index is 11.4. The second-order valence-corrected chi connectivity index (χ2v) is 5.21. The lowest BCUT2D eigenvalue weighted by atomic mass is 9.71. The highest BCUT2D eigenvalue weighted by Gasteiger charge is 2.40. The van der Waals surface area contributed by atoms with Gasteiger partial charge in [0.2, 0.25) is 0 Å². The van der Waals surface area contributed by atoms with Crippen molar-refractivity contribution >= 4 is 12.4 Å². The Kier molecular flexibility index (Phi) is 3.66. The minimum absolute atomic E-state index is 0. The lowest BCUT2D eigenvalue weighted by molar-refractivity contribution is -0.0619. The molecule has 0 aromatic heterocycles.